The van der Waals surface area contributed by atoms with E-state index in [1.807, 2.05) is 12.1 Å². The molecule has 2 rings (SSSR count). The van der Waals surface area contributed by atoms with Crippen molar-refractivity contribution in [2.45, 2.75) is 32.6 Å². The molecule has 0 radical (unpaired) electrons. The van der Waals surface area contributed by atoms with Gasteiger partial charge in [-0.2, -0.15) is 0 Å². The number of hydrogen-bond donors (Lipinski definition) is 1. The van der Waals surface area contributed by atoms with Crippen LogP contribution in [0.5, 0.6) is 0 Å². The molecule has 0 spiro atoms. The predicted octanol–water partition coefficient (Wildman–Crippen LogP) is 3.47. The number of benzene rings is 1. The number of carbonyl (C=O) groups is 1. The predicted molar refractivity (Wildman–Crippen MR) is 92.0 cm³/mol. The van der Waals surface area contributed by atoms with Crippen molar-refractivity contribution in [1.29, 1.82) is 0 Å². The minimum absolute atomic E-state index is 0.396. The minimum Gasteiger partial charge on any atom is -0.448 e. The highest BCUT2D eigenvalue weighted by Gasteiger charge is 2.11. The summed E-state index contributed by atoms with van der Waals surface area (Å²) in [5.74, 6) is 0.550. The largest absolute Gasteiger partial charge is 0.448 e. The summed E-state index contributed by atoms with van der Waals surface area (Å²) < 4.78 is 10.5. The molecule has 23 heavy (non-hydrogen) atoms. The van der Waals surface area contributed by atoms with Crippen molar-refractivity contribution in [3.05, 3.63) is 29.8 Å². The number of ether oxygens (including phenoxy) is 2. The van der Waals surface area contributed by atoms with E-state index in [0.717, 1.165) is 38.5 Å². The number of morpholine rings is 1. The number of nitrogens with zero attached hydrogens (tertiary/aromatic N) is 1. The lowest BCUT2D eigenvalue weighted by atomic mass is 9.96. The highest BCUT2D eigenvalue weighted by Crippen LogP contribution is 2.22. The van der Waals surface area contributed by atoms with E-state index in [1.165, 1.54) is 18.4 Å². The average molecular weight is 320 g/mol. The van der Waals surface area contributed by atoms with Crippen molar-refractivity contribution in [2.75, 3.05) is 44.8 Å². The molecule has 1 N–H and O–H groups in total. The van der Waals surface area contributed by atoms with Gasteiger partial charge < -0.3 is 9.47 Å². The minimum atomic E-state index is -0.396. The normalized spacial score (nSPS) is 16.8. The lowest BCUT2D eigenvalue weighted by Crippen LogP contribution is -2.38. The molecule has 1 aromatic rings. The Morgan fingerprint density at radius 1 is 1.30 bits per heavy atom. The third-order valence-corrected chi connectivity index (χ3v) is 4.19. The van der Waals surface area contributed by atoms with Gasteiger partial charge in [0.25, 0.3) is 0 Å². The van der Waals surface area contributed by atoms with Gasteiger partial charge >= 0.3 is 6.09 Å². The zero-order chi connectivity index (χ0) is 16.5. The number of anilines is 1. The summed E-state index contributed by atoms with van der Waals surface area (Å²) in [6, 6.07) is 8.02. The summed E-state index contributed by atoms with van der Waals surface area (Å²) in [6.07, 6.45) is 1.96. The van der Waals surface area contributed by atoms with Crippen LogP contribution in [0.25, 0.3) is 0 Å². The van der Waals surface area contributed by atoms with Gasteiger partial charge in [-0.25, -0.2) is 4.79 Å². The van der Waals surface area contributed by atoms with E-state index in [-0.39, 0.29) is 0 Å². The number of carbonyl (C=O) groups excluding carboxylic acids is 1. The molecular formula is C18H28N2O3. The lowest BCUT2D eigenvalue weighted by Gasteiger charge is -2.26. The van der Waals surface area contributed by atoms with Gasteiger partial charge in [0.15, 0.2) is 0 Å². The second kappa shape index (κ2) is 9.53. The summed E-state index contributed by atoms with van der Waals surface area (Å²) in [5.41, 5.74) is 2.08. The molecule has 0 aliphatic carbocycles. The molecule has 128 valence electrons. The van der Waals surface area contributed by atoms with Gasteiger partial charge in [-0.15, -0.1) is 0 Å². The first-order valence-electron chi connectivity index (χ1n) is 8.53. The Bertz CT molecular complexity index is 470. The van der Waals surface area contributed by atoms with E-state index < -0.39 is 6.09 Å². The highest BCUT2D eigenvalue weighted by molar-refractivity contribution is 5.84. The Morgan fingerprint density at radius 2 is 2.00 bits per heavy atom. The quantitative estimate of drug-likeness (QED) is 0.836. The van der Waals surface area contributed by atoms with Crippen LogP contribution < -0.4 is 5.32 Å². The first-order valence-corrected chi connectivity index (χ1v) is 8.53. The van der Waals surface area contributed by atoms with E-state index in [1.54, 1.807) is 0 Å². The standard InChI is InChI=1S/C18H28N2O3/c1-3-4-15(2)16-5-7-17(8-6-16)19-18(21)23-14-11-20-9-12-22-13-10-20/h5-8,15H,3-4,9-14H2,1-2H3,(H,19,21). The summed E-state index contributed by atoms with van der Waals surface area (Å²) in [6.45, 7) is 8.90. The van der Waals surface area contributed by atoms with E-state index in [9.17, 15) is 4.79 Å². The molecule has 1 fully saturated rings. The van der Waals surface area contributed by atoms with Gasteiger partial charge in [0.05, 0.1) is 13.2 Å². The Labute approximate surface area is 139 Å². The topological polar surface area (TPSA) is 50.8 Å². The van der Waals surface area contributed by atoms with Crippen LogP contribution >= 0.6 is 0 Å². The molecule has 5 heteroatoms. The van der Waals surface area contributed by atoms with Crippen LogP contribution in [-0.2, 0) is 9.47 Å². The number of hydrogen-bond acceptors (Lipinski definition) is 4. The fourth-order valence-corrected chi connectivity index (χ4v) is 2.74. The zero-order valence-electron chi connectivity index (χ0n) is 14.2. The summed E-state index contributed by atoms with van der Waals surface area (Å²) in [5, 5.41) is 2.77. The van der Waals surface area contributed by atoms with Crippen LogP contribution in [0.15, 0.2) is 24.3 Å². The molecule has 1 atom stereocenters. The van der Waals surface area contributed by atoms with Crippen molar-refractivity contribution in [3.8, 4) is 0 Å². The average Bonchev–Trinajstić information content (AvgIpc) is 2.57. The molecule has 1 heterocycles. The van der Waals surface area contributed by atoms with Crippen LogP contribution in [0.2, 0.25) is 0 Å². The second-order valence-corrected chi connectivity index (χ2v) is 6.03. The van der Waals surface area contributed by atoms with E-state index in [4.69, 9.17) is 9.47 Å². The first kappa shape index (κ1) is 17.8. The highest BCUT2D eigenvalue weighted by atomic mass is 16.5. The smallest absolute Gasteiger partial charge is 0.411 e. The third kappa shape index (κ3) is 6.20. The van der Waals surface area contributed by atoms with Crippen LogP contribution in [-0.4, -0.2) is 50.4 Å². The molecule has 0 aromatic heterocycles. The molecule has 1 unspecified atom stereocenters. The second-order valence-electron chi connectivity index (χ2n) is 6.03. The van der Waals surface area contributed by atoms with E-state index in [0.29, 0.717) is 12.5 Å². The summed E-state index contributed by atoms with van der Waals surface area (Å²) >= 11 is 0. The van der Waals surface area contributed by atoms with Crippen molar-refractivity contribution in [1.82, 2.24) is 4.90 Å². The number of amides is 1. The maximum absolute atomic E-state index is 11.8. The van der Waals surface area contributed by atoms with Crippen LogP contribution in [0.3, 0.4) is 0 Å². The van der Waals surface area contributed by atoms with Crippen LogP contribution in [0, 0.1) is 0 Å². The van der Waals surface area contributed by atoms with Crippen molar-refractivity contribution >= 4 is 11.8 Å². The van der Waals surface area contributed by atoms with Gasteiger partial charge in [0.2, 0.25) is 0 Å². The fourth-order valence-electron chi connectivity index (χ4n) is 2.74. The molecule has 1 aromatic carbocycles. The van der Waals surface area contributed by atoms with E-state index >= 15 is 0 Å². The molecule has 5 nitrogen and oxygen atoms in total. The van der Waals surface area contributed by atoms with Gasteiger partial charge in [-0.3, -0.25) is 10.2 Å². The number of rotatable bonds is 7. The third-order valence-electron chi connectivity index (χ3n) is 4.19. The Morgan fingerprint density at radius 3 is 2.65 bits per heavy atom. The fraction of sp³-hybridized carbons (Fsp3) is 0.611. The summed E-state index contributed by atoms with van der Waals surface area (Å²) in [7, 11) is 0. The summed E-state index contributed by atoms with van der Waals surface area (Å²) in [4.78, 5) is 14.0. The molecule has 0 saturated carbocycles. The Kier molecular flexibility index (Phi) is 7.36. The van der Waals surface area contributed by atoms with Gasteiger partial charge in [-0.05, 0) is 30.0 Å². The Balaban J connectivity index is 1.70. The molecule has 1 aliphatic rings. The molecule has 0 bridgehead atoms. The SMILES string of the molecule is CCCC(C)c1ccc(NC(=O)OCCN2CCOCC2)cc1. The van der Waals surface area contributed by atoms with Crippen LogP contribution in [0.1, 0.15) is 38.2 Å². The monoisotopic (exact) mass is 320 g/mol. The molecule has 1 aliphatic heterocycles. The maximum Gasteiger partial charge on any atom is 0.411 e. The molecule has 1 amide bonds. The van der Waals surface area contributed by atoms with Gasteiger partial charge in [-0.1, -0.05) is 32.4 Å². The lowest BCUT2D eigenvalue weighted by molar-refractivity contribution is 0.0290. The maximum atomic E-state index is 11.8. The van der Waals surface area contributed by atoms with Crippen molar-refractivity contribution in [2.24, 2.45) is 0 Å². The first-order chi connectivity index (χ1) is 11.2. The molecular weight excluding hydrogens is 292 g/mol. The van der Waals surface area contributed by atoms with Crippen molar-refractivity contribution in [3.63, 3.8) is 0 Å². The Hall–Kier alpha value is -1.59. The molecule has 1 saturated heterocycles. The van der Waals surface area contributed by atoms with Gasteiger partial charge in [0.1, 0.15) is 6.61 Å². The van der Waals surface area contributed by atoms with E-state index in [2.05, 4.69) is 36.2 Å². The van der Waals surface area contributed by atoms with Crippen LogP contribution in [0.4, 0.5) is 10.5 Å². The zero-order valence-corrected chi connectivity index (χ0v) is 14.2. The van der Waals surface area contributed by atoms with Crippen molar-refractivity contribution < 1.29 is 14.3 Å². The number of nitrogens with one attached hydrogen (secondary N) is 1. The van der Waals surface area contributed by atoms with Gasteiger partial charge in [0, 0.05) is 25.3 Å².